The van der Waals surface area contributed by atoms with E-state index in [0.717, 1.165) is 28.5 Å². The molecule has 0 saturated heterocycles. The lowest BCUT2D eigenvalue weighted by Gasteiger charge is -2.19. The quantitative estimate of drug-likeness (QED) is 0.321. The van der Waals surface area contributed by atoms with Crippen molar-refractivity contribution in [3.63, 3.8) is 0 Å². The normalized spacial score (nSPS) is 11.4. The number of carbonyl (C=O) groups is 1. The molecule has 0 radical (unpaired) electrons. The second-order valence-corrected chi connectivity index (χ2v) is 10.1. The predicted octanol–water partition coefficient (Wildman–Crippen LogP) is 5.30. The van der Waals surface area contributed by atoms with E-state index in [1.807, 2.05) is 41.0 Å². The molecule has 0 saturated carbocycles. The fourth-order valence-corrected chi connectivity index (χ4v) is 4.42. The largest absolute Gasteiger partial charge is 0.496 e. The summed E-state index contributed by atoms with van der Waals surface area (Å²) in [6.07, 6.45) is 1.65. The van der Waals surface area contributed by atoms with Gasteiger partial charge >= 0.3 is 0 Å². The van der Waals surface area contributed by atoms with Crippen LogP contribution in [0.15, 0.2) is 76.5 Å². The Morgan fingerprint density at radius 1 is 1.06 bits per heavy atom. The van der Waals surface area contributed by atoms with Gasteiger partial charge in [0.05, 0.1) is 25.7 Å². The summed E-state index contributed by atoms with van der Waals surface area (Å²) in [4.78, 5) is 12.6. The fraction of sp³-hybridized carbons (Fsp3) is 0.296. The van der Waals surface area contributed by atoms with Gasteiger partial charge in [0.1, 0.15) is 11.5 Å². The van der Waals surface area contributed by atoms with Crippen molar-refractivity contribution in [2.24, 2.45) is 0 Å². The van der Waals surface area contributed by atoms with Crippen LogP contribution in [0.1, 0.15) is 37.7 Å². The summed E-state index contributed by atoms with van der Waals surface area (Å²) < 4.78 is 12.9. The number of rotatable bonds is 9. The Bertz CT molecular complexity index is 1260. The number of nitrogens with one attached hydrogen (secondary N) is 1. The number of thioether (sulfide) groups is 1. The van der Waals surface area contributed by atoms with E-state index in [0.29, 0.717) is 18.2 Å². The number of methoxy groups -OCH3 is 1. The van der Waals surface area contributed by atoms with E-state index in [2.05, 4.69) is 60.6 Å². The minimum Gasteiger partial charge on any atom is -0.496 e. The molecular weight excluding hydrogens is 460 g/mol. The predicted molar refractivity (Wildman–Crippen MR) is 138 cm³/mol. The maximum absolute atomic E-state index is 12.6. The average molecular weight is 491 g/mol. The second kappa shape index (κ2) is 10.8. The van der Waals surface area contributed by atoms with E-state index >= 15 is 0 Å². The molecule has 0 bridgehead atoms. The molecular formula is C27H30N4O3S. The molecule has 7 nitrogen and oxygen atoms in total. The van der Waals surface area contributed by atoms with Crippen molar-refractivity contribution in [2.45, 2.75) is 44.4 Å². The number of nitrogens with zero attached hydrogens (tertiary/aromatic N) is 3. The summed E-state index contributed by atoms with van der Waals surface area (Å²) in [7, 11) is 1.62. The van der Waals surface area contributed by atoms with Gasteiger partial charge in [0.2, 0.25) is 5.91 Å². The second-order valence-electron chi connectivity index (χ2n) is 9.18. The van der Waals surface area contributed by atoms with Gasteiger partial charge in [-0.25, -0.2) is 0 Å². The number of hydrogen-bond acceptors (Lipinski definition) is 6. The van der Waals surface area contributed by atoms with Gasteiger partial charge < -0.3 is 14.5 Å². The number of amides is 1. The molecule has 2 aromatic heterocycles. The van der Waals surface area contributed by atoms with E-state index in [1.165, 1.54) is 17.3 Å². The number of aromatic nitrogens is 3. The lowest BCUT2D eigenvalue weighted by Crippen LogP contribution is -2.25. The summed E-state index contributed by atoms with van der Waals surface area (Å²) in [6.45, 7) is 7.44. The molecule has 8 heteroatoms. The van der Waals surface area contributed by atoms with Crippen LogP contribution in [0, 0.1) is 0 Å². The van der Waals surface area contributed by atoms with Gasteiger partial charge in [-0.2, -0.15) is 0 Å². The minimum atomic E-state index is -0.0930. The van der Waals surface area contributed by atoms with Crippen molar-refractivity contribution in [3.05, 3.63) is 83.8 Å². The highest BCUT2D eigenvalue weighted by Crippen LogP contribution is 2.28. The van der Waals surface area contributed by atoms with Gasteiger partial charge in [0, 0.05) is 17.7 Å². The van der Waals surface area contributed by atoms with Gasteiger partial charge in [-0.3, -0.25) is 9.36 Å². The molecule has 4 rings (SSSR count). The number of para-hydroxylation sites is 1. The highest BCUT2D eigenvalue weighted by Gasteiger charge is 2.19. The van der Waals surface area contributed by atoms with Crippen molar-refractivity contribution >= 4 is 17.7 Å². The molecule has 0 aliphatic carbocycles. The van der Waals surface area contributed by atoms with Crippen LogP contribution in [0.25, 0.3) is 11.4 Å². The third-order valence-corrected chi connectivity index (χ3v) is 6.59. The van der Waals surface area contributed by atoms with Crippen LogP contribution in [0.5, 0.6) is 5.75 Å². The van der Waals surface area contributed by atoms with E-state index in [1.54, 1.807) is 13.4 Å². The first-order valence-corrected chi connectivity index (χ1v) is 12.4. The van der Waals surface area contributed by atoms with Crippen molar-refractivity contribution < 1.29 is 13.9 Å². The fourth-order valence-electron chi connectivity index (χ4n) is 3.65. The first-order chi connectivity index (χ1) is 16.8. The molecule has 35 heavy (non-hydrogen) atoms. The van der Waals surface area contributed by atoms with E-state index in [-0.39, 0.29) is 17.1 Å². The lowest BCUT2D eigenvalue weighted by molar-refractivity contribution is -0.118. The van der Waals surface area contributed by atoms with Crippen LogP contribution in [0.2, 0.25) is 0 Å². The van der Waals surface area contributed by atoms with Crippen LogP contribution in [-0.2, 0) is 23.3 Å². The summed E-state index contributed by atoms with van der Waals surface area (Å²) >= 11 is 1.35. The Morgan fingerprint density at radius 2 is 1.83 bits per heavy atom. The number of carbonyl (C=O) groups excluding carboxylic acids is 1. The molecule has 0 aliphatic heterocycles. The van der Waals surface area contributed by atoms with Crippen LogP contribution in [0.3, 0.4) is 0 Å². The molecule has 1 N–H and O–H groups in total. The first kappa shape index (κ1) is 24.6. The lowest BCUT2D eigenvalue weighted by atomic mass is 9.87. The van der Waals surface area contributed by atoms with Crippen LogP contribution < -0.4 is 10.1 Å². The number of furan rings is 1. The zero-order valence-electron chi connectivity index (χ0n) is 20.4. The maximum Gasteiger partial charge on any atom is 0.230 e. The van der Waals surface area contributed by atoms with Crippen molar-refractivity contribution in [1.29, 1.82) is 0 Å². The highest BCUT2D eigenvalue weighted by atomic mass is 32.2. The summed E-state index contributed by atoms with van der Waals surface area (Å²) in [6, 6.07) is 19.8. The first-order valence-electron chi connectivity index (χ1n) is 11.4. The molecule has 0 atom stereocenters. The number of benzene rings is 2. The van der Waals surface area contributed by atoms with Gasteiger partial charge in [0.15, 0.2) is 11.0 Å². The Balaban J connectivity index is 1.49. The van der Waals surface area contributed by atoms with E-state index < -0.39 is 0 Å². The van der Waals surface area contributed by atoms with Crippen molar-refractivity contribution in [1.82, 2.24) is 20.1 Å². The maximum atomic E-state index is 12.6. The molecule has 0 spiro atoms. The smallest absolute Gasteiger partial charge is 0.230 e. The van der Waals surface area contributed by atoms with Gasteiger partial charge in [-0.05, 0) is 29.2 Å². The molecule has 0 fully saturated rings. The third kappa shape index (κ3) is 6.14. The van der Waals surface area contributed by atoms with E-state index in [9.17, 15) is 4.79 Å². The molecule has 0 aliphatic rings. The Hall–Kier alpha value is -3.52. The molecule has 1 amide bonds. The molecule has 4 aromatic rings. The summed E-state index contributed by atoms with van der Waals surface area (Å²) in [5, 5.41) is 12.5. The standard InChI is InChI=1S/C27H30N4O3S/c1-27(2,3)21-13-11-19(12-14-21)25-29-30-26(31(25)17-22-9-7-15-34-22)35-18-24(32)28-16-20-8-5-6-10-23(20)33-4/h5-15H,16-18H2,1-4H3,(H,28,32). The average Bonchev–Trinajstić information content (AvgIpc) is 3.51. The van der Waals surface area contributed by atoms with Crippen molar-refractivity contribution in [3.8, 4) is 17.1 Å². The third-order valence-electron chi connectivity index (χ3n) is 5.62. The van der Waals surface area contributed by atoms with Crippen LogP contribution in [0.4, 0.5) is 0 Å². The SMILES string of the molecule is COc1ccccc1CNC(=O)CSc1nnc(-c2ccc(C(C)(C)C)cc2)n1Cc1ccco1. The van der Waals surface area contributed by atoms with Gasteiger partial charge in [-0.1, -0.05) is 75.0 Å². The van der Waals surface area contributed by atoms with Gasteiger partial charge in [0.25, 0.3) is 0 Å². The Labute approximate surface area is 209 Å². The zero-order valence-corrected chi connectivity index (χ0v) is 21.3. The molecule has 182 valence electrons. The van der Waals surface area contributed by atoms with E-state index in [4.69, 9.17) is 9.15 Å². The van der Waals surface area contributed by atoms with Crippen molar-refractivity contribution in [2.75, 3.05) is 12.9 Å². The topological polar surface area (TPSA) is 82.2 Å². The van der Waals surface area contributed by atoms with Crippen LogP contribution in [-0.4, -0.2) is 33.5 Å². The molecule has 0 unspecified atom stereocenters. The van der Waals surface area contributed by atoms with Crippen LogP contribution >= 0.6 is 11.8 Å². The number of ether oxygens (including phenoxy) is 1. The highest BCUT2D eigenvalue weighted by molar-refractivity contribution is 7.99. The number of hydrogen-bond donors (Lipinski definition) is 1. The summed E-state index contributed by atoms with van der Waals surface area (Å²) in [5.41, 5.74) is 3.21. The Kier molecular flexibility index (Phi) is 7.60. The zero-order chi connectivity index (χ0) is 24.8. The van der Waals surface area contributed by atoms with Gasteiger partial charge in [-0.15, -0.1) is 10.2 Å². The minimum absolute atomic E-state index is 0.0680. The summed E-state index contributed by atoms with van der Waals surface area (Å²) in [5.74, 6) is 2.40. The monoisotopic (exact) mass is 490 g/mol. The Morgan fingerprint density at radius 3 is 2.51 bits per heavy atom. The molecule has 2 aromatic carbocycles. The molecule has 2 heterocycles.